The van der Waals surface area contributed by atoms with Crippen molar-refractivity contribution in [3.05, 3.63) is 19.6 Å². The van der Waals surface area contributed by atoms with Crippen molar-refractivity contribution >= 4 is 5.97 Å². The Kier molecular flexibility index (Phi) is 2.43. The Morgan fingerprint density at radius 1 is 1.67 bits per heavy atom. The minimum Gasteiger partial charge on any atom is -0.457 e. The van der Waals surface area contributed by atoms with Gasteiger partial charge in [0.05, 0.1) is 0 Å². The van der Waals surface area contributed by atoms with Crippen LogP contribution in [-0.4, -0.2) is 11.6 Å². The van der Waals surface area contributed by atoms with E-state index in [1.54, 1.807) is 13.8 Å². The van der Waals surface area contributed by atoms with Gasteiger partial charge in [0.1, 0.15) is 5.60 Å². The second-order valence-corrected chi connectivity index (χ2v) is 2.38. The van der Waals surface area contributed by atoms with E-state index in [1.165, 1.54) is 0 Å². The third-order valence-electron chi connectivity index (χ3n) is 0.544. The van der Waals surface area contributed by atoms with Gasteiger partial charge in [-0.1, -0.05) is 6.58 Å². The van der Waals surface area contributed by atoms with Crippen LogP contribution in [0.4, 0.5) is 0 Å². The first-order valence-corrected chi connectivity index (χ1v) is 2.66. The number of hydrogen-bond acceptors (Lipinski definition) is 2. The lowest BCUT2D eigenvalue weighted by molar-refractivity contribution is -0.146. The number of hydrogen-bond donors (Lipinski definition) is 0. The highest BCUT2D eigenvalue weighted by atomic mass is 16.6. The van der Waals surface area contributed by atoms with Crippen molar-refractivity contribution in [3.8, 4) is 0 Å². The van der Waals surface area contributed by atoms with Crippen molar-refractivity contribution in [3.63, 3.8) is 0 Å². The molecule has 0 bridgehead atoms. The molecular formula is C7H11O2. The van der Waals surface area contributed by atoms with Gasteiger partial charge in [0.25, 0.3) is 0 Å². The van der Waals surface area contributed by atoms with Crippen LogP contribution in [-0.2, 0) is 9.53 Å². The zero-order valence-corrected chi connectivity index (χ0v) is 5.81. The van der Waals surface area contributed by atoms with Crippen LogP contribution in [0.2, 0.25) is 0 Å². The van der Waals surface area contributed by atoms with Crippen molar-refractivity contribution in [2.45, 2.75) is 19.4 Å². The van der Waals surface area contributed by atoms with Crippen LogP contribution in [0.3, 0.4) is 0 Å². The lowest BCUT2D eigenvalue weighted by Gasteiger charge is -2.17. The number of ether oxygens (including phenoxy) is 1. The molecule has 0 spiro atoms. The van der Waals surface area contributed by atoms with Crippen molar-refractivity contribution in [2.75, 3.05) is 0 Å². The molecule has 0 heterocycles. The molecule has 2 nitrogen and oxygen atoms in total. The van der Waals surface area contributed by atoms with Gasteiger partial charge in [0, 0.05) is 6.08 Å². The summed E-state index contributed by atoms with van der Waals surface area (Å²) in [4.78, 5) is 10.4. The van der Waals surface area contributed by atoms with Crippen LogP contribution >= 0.6 is 0 Å². The summed E-state index contributed by atoms with van der Waals surface area (Å²) < 4.78 is 4.72. The Balaban J connectivity index is 3.74. The maximum atomic E-state index is 10.4. The molecule has 2 heteroatoms. The molecule has 51 valence electrons. The summed E-state index contributed by atoms with van der Waals surface area (Å²) in [5.74, 6) is -0.435. The lowest BCUT2D eigenvalue weighted by Crippen LogP contribution is -2.22. The molecule has 0 saturated carbocycles. The van der Waals surface area contributed by atoms with E-state index in [9.17, 15) is 4.79 Å². The fraction of sp³-hybridized carbons (Fsp3) is 0.429. The van der Waals surface area contributed by atoms with E-state index >= 15 is 0 Å². The van der Waals surface area contributed by atoms with Crippen LogP contribution in [0, 0.1) is 6.92 Å². The molecule has 0 N–H and O–H groups in total. The maximum Gasteiger partial charge on any atom is 0.330 e. The van der Waals surface area contributed by atoms with Crippen LogP contribution in [0.15, 0.2) is 12.7 Å². The minimum absolute atomic E-state index is 0.435. The molecule has 0 unspecified atom stereocenters. The standard InChI is InChI=1S/C7H11O2/c1-5-6(8)9-7(2,3)4/h5H,1-2H2,3-4H3. The second-order valence-electron chi connectivity index (χ2n) is 2.38. The highest BCUT2D eigenvalue weighted by molar-refractivity contribution is 5.81. The van der Waals surface area contributed by atoms with Gasteiger partial charge in [-0.25, -0.2) is 4.79 Å². The van der Waals surface area contributed by atoms with Gasteiger partial charge < -0.3 is 4.74 Å². The van der Waals surface area contributed by atoms with Crippen LogP contribution in [0.25, 0.3) is 0 Å². The van der Waals surface area contributed by atoms with Gasteiger partial charge in [0.15, 0.2) is 0 Å². The molecule has 0 saturated heterocycles. The second kappa shape index (κ2) is 2.67. The fourth-order valence-corrected chi connectivity index (χ4v) is 0.314. The molecule has 0 fully saturated rings. The molecule has 0 aromatic carbocycles. The number of carbonyl (C=O) groups is 1. The van der Waals surface area contributed by atoms with E-state index in [2.05, 4.69) is 13.5 Å². The summed E-state index contributed by atoms with van der Waals surface area (Å²) in [5, 5.41) is 0. The van der Waals surface area contributed by atoms with Crippen LogP contribution < -0.4 is 0 Å². The van der Waals surface area contributed by atoms with E-state index < -0.39 is 11.6 Å². The largest absolute Gasteiger partial charge is 0.457 e. The normalized spacial score (nSPS) is 10.6. The molecule has 0 aromatic rings. The van der Waals surface area contributed by atoms with E-state index in [0.29, 0.717) is 0 Å². The molecular weight excluding hydrogens is 116 g/mol. The Hall–Kier alpha value is -0.790. The van der Waals surface area contributed by atoms with Crippen LogP contribution in [0.5, 0.6) is 0 Å². The summed E-state index contributed by atoms with van der Waals surface area (Å²) in [6, 6.07) is 0. The Morgan fingerprint density at radius 2 is 2.11 bits per heavy atom. The first-order chi connectivity index (χ1) is 3.95. The highest BCUT2D eigenvalue weighted by Crippen LogP contribution is 2.05. The summed E-state index contributed by atoms with van der Waals surface area (Å²) in [6.07, 6.45) is 1.12. The first kappa shape index (κ1) is 8.21. The summed E-state index contributed by atoms with van der Waals surface area (Å²) in [7, 11) is 0. The minimum atomic E-state index is -0.648. The third-order valence-corrected chi connectivity index (χ3v) is 0.544. The number of esters is 1. The van der Waals surface area contributed by atoms with Gasteiger partial charge in [-0.3, -0.25) is 0 Å². The maximum absolute atomic E-state index is 10.4. The summed E-state index contributed by atoms with van der Waals surface area (Å²) in [5.41, 5.74) is -0.648. The Bertz CT molecular complexity index is 119. The van der Waals surface area contributed by atoms with E-state index in [4.69, 9.17) is 4.74 Å². The number of carbonyl (C=O) groups excluding carboxylic acids is 1. The van der Waals surface area contributed by atoms with Crippen LogP contribution in [0.1, 0.15) is 13.8 Å². The molecule has 0 aliphatic heterocycles. The fourth-order valence-electron chi connectivity index (χ4n) is 0.314. The zero-order valence-electron chi connectivity index (χ0n) is 5.81. The molecule has 0 aliphatic carbocycles. The molecule has 0 rings (SSSR count). The number of rotatable bonds is 2. The Labute approximate surface area is 55.5 Å². The van der Waals surface area contributed by atoms with Crippen molar-refractivity contribution < 1.29 is 9.53 Å². The molecule has 9 heavy (non-hydrogen) atoms. The third kappa shape index (κ3) is 5.07. The van der Waals surface area contributed by atoms with Gasteiger partial charge >= 0.3 is 5.97 Å². The van der Waals surface area contributed by atoms with E-state index in [-0.39, 0.29) is 0 Å². The highest BCUT2D eigenvalue weighted by Gasteiger charge is 2.13. The smallest absolute Gasteiger partial charge is 0.330 e. The summed E-state index contributed by atoms with van der Waals surface area (Å²) >= 11 is 0. The van der Waals surface area contributed by atoms with Gasteiger partial charge in [0.2, 0.25) is 0 Å². The predicted octanol–water partition coefficient (Wildman–Crippen LogP) is 1.33. The topological polar surface area (TPSA) is 26.3 Å². The van der Waals surface area contributed by atoms with Crippen molar-refractivity contribution in [2.24, 2.45) is 0 Å². The van der Waals surface area contributed by atoms with Crippen molar-refractivity contribution in [1.82, 2.24) is 0 Å². The molecule has 1 radical (unpaired) electrons. The zero-order chi connectivity index (χ0) is 7.49. The van der Waals surface area contributed by atoms with E-state index in [1.807, 2.05) is 0 Å². The molecule has 0 atom stereocenters. The van der Waals surface area contributed by atoms with Crippen molar-refractivity contribution in [1.29, 1.82) is 0 Å². The van der Waals surface area contributed by atoms with Gasteiger partial charge in [-0.05, 0) is 20.8 Å². The predicted molar refractivity (Wildman–Crippen MR) is 35.7 cm³/mol. The molecule has 0 aromatic heterocycles. The average molecular weight is 127 g/mol. The average Bonchev–Trinajstić information content (AvgIpc) is 1.62. The SMILES string of the molecule is [CH2]C(C)(C)OC(=O)C=C. The quantitative estimate of drug-likeness (QED) is 0.413. The molecule has 0 amide bonds. The monoisotopic (exact) mass is 127 g/mol. The first-order valence-electron chi connectivity index (χ1n) is 2.66. The lowest BCUT2D eigenvalue weighted by atomic mass is 10.2. The molecule has 0 aliphatic rings. The van der Waals surface area contributed by atoms with E-state index in [0.717, 1.165) is 6.08 Å². The Morgan fingerprint density at radius 3 is 2.22 bits per heavy atom. The van der Waals surface area contributed by atoms with Gasteiger partial charge in [-0.15, -0.1) is 0 Å². The summed E-state index contributed by atoms with van der Waals surface area (Å²) in [6.45, 7) is 10.2. The van der Waals surface area contributed by atoms with Gasteiger partial charge in [-0.2, -0.15) is 0 Å².